The van der Waals surface area contributed by atoms with E-state index in [9.17, 15) is 9.59 Å². The van der Waals surface area contributed by atoms with Crippen molar-refractivity contribution >= 4 is 12.3 Å². The molecule has 0 aromatic rings. The van der Waals surface area contributed by atoms with Gasteiger partial charge in [0.15, 0.2) is 0 Å². The molecule has 18 heavy (non-hydrogen) atoms. The van der Waals surface area contributed by atoms with E-state index in [1.165, 1.54) is 0 Å². The van der Waals surface area contributed by atoms with Crippen LogP contribution in [0.2, 0.25) is 0 Å². The lowest BCUT2D eigenvalue weighted by Crippen LogP contribution is -2.51. The van der Waals surface area contributed by atoms with Gasteiger partial charge in [-0.1, -0.05) is 27.2 Å². The van der Waals surface area contributed by atoms with Crippen LogP contribution in [0.25, 0.3) is 0 Å². The van der Waals surface area contributed by atoms with Crippen molar-refractivity contribution in [1.29, 1.82) is 0 Å². The number of rotatable bonds is 9. The van der Waals surface area contributed by atoms with Crippen molar-refractivity contribution in [3.05, 3.63) is 0 Å². The Balaban J connectivity index is 4.82. The van der Waals surface area contributed by atoms with Crippen LogP contribution in [0.1, 0.15) is 33.6 Å². The molecular weight excluding hydrogens is 232 g/mol. The second-order valence-corrected chi connectivity index (χ2v) is 4.56. The average Bonchev–Trinajstić information content (AvgIpc) is 2.40. The molecule has 0 aliphatic rings. The molecule has 0 aliphatic carbocycles. The van der Waals surface area contributed by atoms with Crippen LogP contribution in [0.15, 0.2) is 0 Å². The lowest BCUT2D eigenvalue weighted by atomic mass is 9.91. The summed E-state index contributed by atoms with van der Waals surface area (Å²) in [6, 6.07) is 0.0333. The maximum atomic E-state index is 11.9. The highest BCUT2D eigenvalue weighted by atomic mass is 16.5. The van der Waals surface area contributed by atoms with Crippen LogP contribution in [0.5, 0.6) is 0 Å². The Labute approximate surface area is 110 Å². The molecule has 3 atom stereocenters. The van der Waals surface area contributed by atoms with Crippen LogP contribution in [0, 0.1) is 5.92 Å². The number of ether oxygens (including phenoxy) is 1. The third kappa shape index (κ3) is 4.64. The van der Waals surface area contributed by atoms with E-state index in [0.29, 0.717) is 12.3 Å². The zero-order valence-corrected chi connectivity index (χ0v) is 12.1. The molecule has 2 unspecified atom stereocenters. The topological polar surface area (TPSA) is 58.6 Å². The highest BCUT2D eigenvalue weighted by Gasteiger charge is 2.31. The summed E-state index contributed by atoms with van der Waals surface area (Å²) >= 11 is 0. The van der Waals surface area contributed by atoms with Crippen molar-refractivity contribution in [3.8, 4) is 0 Å². The number of hydrogen-bond acceptors (Lipinski definition) is 3. The maximum Gasteiger partial charge on any atom is 0.242 e. The highest BCUT2D eigenvalue weighted by molar-refractivity contribution is 5.80. The van der Waals surface area contributed by atoms with E-state index >= 15 is 0 Å². The normalized spacial score (nSPS) is 15.6. The van der Waals surface area contributed by atoms with Gasteiger partial charge in [-0.2, -0.15) is 0 Å². The minimum absolute atomic E-state index is 0.0186. The van der Waals surface area contributed by atoms with Crippen molar-refractivity contribution in [3.63, 3.8) is 0 Å². The van der Waals surface area contributed by atoms with Gasteiger partial charge in [-0.3, -0.25) is 9.59 Å². The number of carbonyl (C=O) groups excluding carboxylic acids is 2. The summed E-state index contributed by atoms with van der Waals surface area (Å²) < 4.78 is 5.48. The zero-order chi connectivity index (χ0) is 14.1. The number of methoxy groups -OCH3 is 1. The van der Waals surface area contributed by atoms with Gasteiger partial charge in [0.2, 0.25) is 12.3 Å². The van der Waals surface area contributed by atoms with E-state index in [1.807, 2.05) is 6.92 Å². The van der Waals surface area contributed by atoms with Crippen molar-refractivity contribution in [2.45, 2.75) is 45.8 Å². The van der Waals surface area contributed by atoms with E-state index in [0.717, 1.165) is 12.8 Å². The molecule has 5 heteroatoms. The fourth-order valence-electron chi connectivity index (χ4n) is 2.21. The first-order valence-corrected chi connectivity index (χ1v) is 6.48. The third-order valence-corrected chi connectivity index (χ3v) is 3.49. The monoisotopic (exact) mass is 258 g/mol. The molecule has 0 aliphatic heterocycles. The average molecular weight is 258 g/mol. The summed E-state index contributed by atoms with van der Waals surface area (Å²) in [7, 11) is 3.44. The first-order valence-electron chi connectivity index (χ1n) is 6.48. The first-order chi connectivity index (χ1) is 8.53. The van der Waals surface area contributed by atoms with E-state index in [-0.39, 0.29) is 24.6 Å². The molecule has 1 N–H and O–H groups in total. The zero-order valence-electron chi connectivity index (χ0n) is 12.1. The third-order valence-electron chi connectivity index (χ3n) is 3.49. The summed E-state index contributed by atoms with van der Waals surface area (Å²) in [6.45, 7) is 6.30. The second-order valence-electron chi connectivity index (χ2n) is 4.56. The van der Waals surface area contributed by atoms with Crippen molar-refractivity contribution in [2.75, 3.05) is 20.7 Å². The number of nitrogens with zero attached hydrogens (tertiary/aromatic N) is 1. The van der Waals surface area contributed by atoms with Gasteiger partial charge in [0, 0.05) is 14.2 Å². The fourth-order valence-corrected chi connectivity index (χ4v) is 2.21. The van der Waals surface area contributed by atoms with Gasteiger partial charge in [0.1, 0.15) is 0 Å². The molecule has 2 amide bonds. The molecule has 0 rings (SSSR count). The fraction of sp³-hybridized carbons (Fsp3) is 0.846. The molecule has 0 spiro atoms. The Morgan fingerprint density at radius 2 is 2.00 bits per heavy atom. The molecule has 0 fully saturated rings. The Hall–Kier alpha value is -1.10. The molecular formula is C13H26N2O3. The van der Waals surface area contributed by atoms with Crippen molar-refractivity contribution in [2.24, 2.45) is 5.92 Å². The molecule has 0 bridgehead atoms. The Bertz CT molecular complexity index is 255. The number of nitrogens with one attached hydrogen (secondary N) is 1. The molecule has 106 valence electrons. The van der Waals surface area contributed by atoms with Gasteiger partial charge in [0.25, 0.3) is 0 Å². The number of carbonyl (C=O) groups is 2. The van der Waals surface area contributed by atoms with E-state index in [4.69, 9.17) is 4.74 Å². The summed E-state index contributed by atoms with van der Waals surface area (Å²) in [6.07, 6.45) is 2.38. The lowest BCUT2D eigenvalue weighted by molar-refractivity contribution is -0.136. The van der Waals surface area contributed by atoms with Crippen LogP contribution in [0.4, 0.5) is 0 Å². The number of likely N-dealkylation sites (N-methyl/N-ethyl adjacent to an activating group) is 1. The summed E-state index contributed by atoms with van der Waals surface area (Å²) in [5.41, 5.74) is 0. The minimum Gasteiger partial charge on any atom is -0.379 e. The van der Waals surface area contributed by atoms with Crippen LogP contribution in [-0.4, -0.2) is 50.1 Å². The smallest absolute Gasteiger partial charge is 0.242 e. The highest BCUT2D eigenvalue weighted by Crippen LogP contribution is 2.21. The van der Waals surface area contributed by atoms with Crippen LogP contribution in [-0.2, 0) is 14.3 Å². The summed E-state index contributed by atoms with van der Waals surface area (Å²) in [5.74, 6) is 0.253. The van der Waals surface area contributed by atoms with Gasteiger partial charge in [0.05, 0.1) is 18.7 Å². The first kappa shape index (κ1) is 16.9. The van der Waals surface area contributed by atoms with Crippen LogP contribution in [0.3, 0.4) is 0 Å². The Morgan fingerprint density at radius 1 is 1.39 bits per heavy atom. The molecule has 0 saturated carbocycles. The molecule has 0 heterocycles. The lowest BCUT2D eigenvalue weighted by Gasteiger charge is -2.37. The molecule has 0 radical (unpaired) electrons. The van der Waals surface area contributed by atoms with Crippen LogP contribution >= 0.6 is 0 Å². The van der Waals surface area contributed by atoms with E-state index in [1.54, 1.807) is 19.1 Å². The van der Waals surface area contributed by atoms with Crippen molar-refractivity contribution in [1.82, 2.24) is 10.2 Å². The minimum atomic E-state index is -0.0945. The molecule has 0 saturated heterocycles. The van der Waals surface area contributed by atoms with Crippen molar-refractivity contribution < 1.29 is 14.3 Å². The maximum absolute atomic E-state index is 11.9. The van der Waals surface area contributed by atoms with Crippen LogP contribution < -0.4 is 5.32 Å². The number of amides is 2. The van der Waals surface area contributed by atoms with E-state index in [2.05, 4.69) is 19.2 Å². The molecule has 5 nitrogen and oxygen atoms in total. The molecule has 0 aromatic carbocycles. The van der Waals surface area contributed by atoms with Gasteiger partial charge in [-0.15, -0.1) is 0 Å². The Kier molecular flexibility index (Phi) is 8.37. The standard InChI is InChI=1S/C13H26N2O3/c1-6-10(3)13(11(7-2)18-5)15(4)12(17)8-14-9-16/h9-11,13H,6-8H2,1-5H3,(H,14,16)/t10?,11-,13?/m1/s1. The predicted molar refractivity (Wildman–Crippen MR) is 71.2 cm³/mol. The second kappa shape index (κ2) is 8.91. The van der Waals surface area contributed by atoms with Gasteiger partial charge < -0.3 is 15.0 Å². The quantitative estimate of drug-likeness (QED) is 0.628. The largest absolute Gasteiger partial charge is 0.379 e. The predicted octanol–water partition coefficient (Wildman–Crippen LogP) is 1.03. The van der Waals surface area contributed by atoms with Gasteiger partial charge >= 0.3 is 0 Å². The Morgan fingerprint density at radius 3 is 2.39 bits per heavy atom. The van der Waals surface area contributed by atoms with Gasteiger partial charge in [-0.05, 0) is 12.3 Å². The molecule has 0 aromatic heterocycles. The van der Waals surface area contributed by atoms with Gasteiger partial charge in [-0.25, -0.2) is 0 Å². The SMILES string of the molecule is CCC(C)C([C@@H](CC)OC)N(C)C(=O)CNC=O. The van der Waals surface area contributed by atoms with E-state index < -0.39 is 0 Å². The number of hydrogen-bond donors (Lipinski definition) is 1. The summed E-state index contributed by atoms with van der Waals surface area (Å²) in [5, 5.41) is 2.40. The summed E-state index contributed by atoms with van der Waals surface area (Å²) in [4.78, 5) is 23.9.